The van der Waals surface area contributed by atoms with Crippen LogP contribution in [-0.4, -0.2) is 45.4 Å². The summed E-state index contributed by atoms with van der Waals surface area (Å²) in [5.74, 6) is -1.22. The van der Waals surface area contributed by atoms with Gasteiger partial charge in [-0.05, 0) is 55.0 Å². The van der Waals surface area contributed by atoms with Crippen LogP contribution in [0.25, 0.3) is 0 Å². The third kappa shape index (κ3) is 6.14. The van der Waals surface area contributed by atoms with Gasteiger partial charge in [-0.25, -0.2) is 9.37 Å². The summed E-state index contributed by atoms with van der Waals surface area (Å²) >= 11 is 0. The van der Waals surface area contributed by atoms with Gasteiger partial charge in [-0.1, -0.05) is 12.1 Å². The van der Waals surface area contributed by atoms with Gasteiger partial charge in [0, 0.05) is 25.0 Å². The average molecular weight is 482 g/mol. The fraction of sp³-hybridized carbons (Fsp3) is 0.360. The Morgan fingerprint density at radius 1 is 1.31 bits per heavy atom. The molecule has 9 nitrogen and oxygen atoms in total. The second kappa shape index (κ2) is 11.0. The van der Waals surface area contributed by atoms with Gasteiger partial charge >= 0.3 is 5.97 Å². The molecule has 0 fully saturated rings. The number of carboxylic acid groups (broad SMARTS) is 1. The summed E-state index contributed by atoms with van der Waals surface area (Å²) in [6.45, 7) is 1.55. The number of amides is 1. The number of nitrogens with zero attached hydrogens (tertiary/aromatic N) is 3. The van der Waals surface area contributed by atoms with Gasteiger partial charge in [-0.2, -0.15) is 5.10 Å². The Hall–Kier alpha value is -3.95. The zero-order valence-corrected chi connectivity index (χ0v) is 19.5. The summed E-state index contributed by atoms with van der Waals surface area (Å²) in [5.41, 5.74) is 2.89. The minimum atomic E-state index is -1.12. The molecule has 10 heteroatoms. The molecule has 1 aliphatic heterocycles. The molecule has 184 valence electrons. The second-order valence-corrected chi connectivity index (χ2v) is 8.45. The fourth-order valence-electron chi connectivity index (χ4n) is 4.10. The first-order valence-corrected chi connectivity index (χ1v) is 11.5. The van der Waals surface area contributed by atoms with Crippen molar-refractivity contribution in [3.63, 3.8) is 0 Å². The van der Waals surface area contributed by atoms with Crippen molar-refractivity contribution in [3.05, 3.63) is 70.9 Å². The van der Waals surface area contributed by atoms with E-state index in [1.54, 1.807) is 10.9 Å². The van der Waals surface area contributed by atoms with Gasteiger partial charge in [0.05, 0.1) is 31.3 Å². The number of benzene rings is 1. The maximum absolute atomic E-state index is 14.1. The zero-order chi connectivity index (χ0) is 24.8. The third-order valence-corrected chi connectivity index (χ3v) is 5.93. The molecule has 0 bridgehead atoms. The molecule has 0 aliphatic carbocycles. The molecule has 1 unspecified atom stereocenters. The number of rotatable bonds is 10. The van der Waals surface area contributed by atoms with Gasteiger partial charge in [0.2, 0.25) is 0 Å². The van der Waals surface area contributed by atoms with E-state index in [1.807, 2.05) is 0 Å². The van der Waals surface area contributed by atoms with E-state index in [4.69, 9.17) is 9.72 Å². The van der Waals surface area contributed by atoms with Crippen LogP contribution in [0, 0.1) is 5.82 Å². The van der Waals surface area contributed by atoms with Crippen molar-refractivity contribution in [2.45, 2.75) is 44.7 Å². The minimum absolute atomic E-state index is 0.0391. The van der Waals surface area contributed by atoms with E-state index in [0.29, 0.717) is 17.7 Å². The third-order valence-electron chi connectivity index (χ3n) is 5.93. The lowest BCUT2D eigenvalue weighted by Gasteiger charge is -2.17. The van der Waals surface area contributed by atoms with Gasteiger partial charge in [0.15, 0.2) is 11.6 Å². The van der Waals surface area contributed by atoms with Gasteiger partial charge in [-0.3, -0.25) is 14.3 Å². The average Bonchev–Trinajstić information content (AvgIpc) is 3.32. The second-order valence-electron chi connectivity index (χ2n) is 8.45. The number of fused-ring (bicyclic) bond motifs is 1. The maximum atomic E-state index is 14.1. The lowest BCUT2D eigenvalue weighted by atomic mass is 10.0. The molecule has 0 saturated carbocycles. The highest BCUT2D eigenvalue weighted by Gasteiger charge is 2.21. The van der Waals surface area contributed by atoms with Crippen molar-refractivity contribution < 1.29 is 23.8 Å². The monoisotopic (exact) mass is 481 g/mol. The molecule has 4 rings (SSSR count). The van der Waals surface area contributed by atoms with Gasteiger partial charge < -0.3 is 20.5 Å². The number of carbonyl (C=O) groups is 2. The van der Waals surface area contributed by atoms with Crippen molar-refractivity contribution in [2.24, 2.45) is 0 Å². The van der Waals surface area contributed by atoms with E-state index in [1.165, 1.54) is 37.1 Å². The van der Waals surface area contributed by atoms with E-state index in [9.17, 15) is 19.1 Å². The highest BCUT2D eigenvalue weighted by molar-refractivity contribution is 5.94. The molecule has 0 radical (unpaired) electrons. The number of hydrogen-bond acceptors (Lipinski definition) is 6. The molecular weight excluding hydrogens is 453 g/mol. The molecule has 3 heterocycles. The summed E-state index contributed by atoms with van der Waals surface area (Å²) < 4.78 is 20.7. The molecule has 1 aliphatic rings. The highest BCUT2D eigenvalue weighted by atomic mass is 19.1. The Kier molecular flexibility index (Phi) is 7.59. The van der Waals surface area contributed by atoms with Crippen LogP contribution in [-0.2, 0) is 24.2 Å². The van der Waals surface area contributed by atoms with E-state index in [2.05, 4.69) is 27.9 Å². The molecule has 1 amide bonds. The molecule has 35 heavy (non-hydrogen) atoms. The lowest BCUT2D eigenvalue weighted by molar-refractivity contribution is -0.137. The Balaban J connectivity index is 1.35. The first-order chi connectivity index (χ1) is 16.9. The molecule has 1 aromatic carbocycles. The number of aromatic nitrogens is 3. The van der Waals surface area contributed by atoms with E-state index in [-0.39, 0.29) is 5.75 Å². The van der Waals surface area contributed by atoms with Gasteiger partial charge in [0.1, 0.15) is 5.82 Å². The van der Waals surface area contributed by atoms with Crippen LogP contribution < -0.4 is 15.4 Å². The van der Waals surface area contributed by atoms with Crippen LogP contribution in [0.1, 0.15) is 52.5 Å². The number of anilines is 1. The summed E-state index contributed by atoms with van der Waals surface area (Å²) in [7, 11) is 1.34. The number of aryl methyl sites for hydroxylation is 3. The summed E-state index contributed by atoms with van der Waals surface area (Å²) in [5, 5.41) is 19.5. The number of halogens is 1. The number of hydrogen-bond donors (Lipinski definition) is 3. The fourth-order valence-corrected chi connectivity index (χ4v) is 4.10. The van der Waals surface area contributed by atoms with Crippen LogP contribution in [0.4, 0.5) is 10.2 Å². The van der Waals surface area contributed by atoms with Crippen LogP contribution in [0.3, 0.4) is 0 Å². The molecule has 1 atom stereocenters. The SMILES string of the molecule is COc1ccc(C(CC(=O)O)NC(=O)c2cnn(CCCc3ccc4c(n3)NCCC4)c2)cc1F. The van der Waals surface area contributed by atoms with Crippen molar-refractivity contribution in [2.75, 3.05) is 19.0 Å². The molecule has 0 saturated heterocycles. The normalized spacial score (nSPS) is 13.4. The number of methoxy groups -OCH3 is 1. The zero-order valence-electron chi connectivity index (χ0n) is 19.5. The highest BCUT2D eigenvalue weighted by Crippen LogP contribution is 2.24. The molecular formula is C25H28FN5O4. The molecule has 3 aromatic rings. The molecule has 2 aromatic heterocycles. The summed E-state index contributed by atoms with van der Waals surface area (Å²) in [4.78, 5) is 28.8. The number of aliphatic carboxylic acids is 1. The number of carbonyl (C=O) groups excluding carboxylic acids is 1. The van der Waals surface area contributed by atoms with Crippen LogP contribution in [0.15, 0.2) is 42.7 Å². The predicted octanol–water partition coefficient (Wildman–Crippen LogP) is 3.36. The number of ether oxygens (including phenoxy) is 1. The van der Waals surface area contributed by atoms with E-state index in [0.717, 1.165) is 43.7 Å². The smallest absolute Gasteiger partial charge is 0.305 e. The molecule has 0 spiro atoms. The predicted molar refractivity (Wildman–Crippen MR) is 127 cm³/mol. The van der Waals surface area contributed by atoms with Crippen molar-refractivity contribution >= 4 is 17.7 Å². The van der Waals surface area contributed by atoms with Crippen molar-refractivity contribution in [3.8, 4) is 5.75 Å². The van der Waals surface area contributed by atoms with Crippen LogP contribution in [0.2, 0.25) is 0 Å². The van der Waals surface area contributed by atoms with Crippen molar-refractivity contribution in [1.82, 2.24) is 20.1 Å². The first kappa shape index (κ1) is 24.2. The Labute approximate surface area is 202 Å². The standard InChI is InChI=1S/C25H28FN5O4/c1-35-22-9-7-17(12-20(22)26)21(13-23(32)33)30-25(34)18-14-28-31(15-18)11-3-5-19-8-6-16-4-2-10-27-24(16)29-19/h6-9,12,14-15,21H,2-5,10-11,13H2,1H3,(H,27,29)(H,30,34)(H,32,33). The van der Waals surface area contributed by atoms with Gasteiger partial charge in [-0.15, -0.1) is 0 Å². The quantitative estimate of drug-likeness (QED) is 0.406. The summed E-state index contributed by atoms with van der Waals surface area (Å²) in [6, 6.07) is 7.37. The first-order valence-electron chi connectivity index (χ1n) is 11.5. The van der Waals surface area contributed by atoms with E-state index < -0.39 is 30.2 Å². The van der Waals surface area contributed by atoms with Crippen LogP contribution >= 0.6 is 0 Å². The number of carboxylic acids is 1. The Bertz CT molecular complexity index is 1210. The van der Waals surface area contributed by atoms with Gasteiger partial charge in [0.25, 0.3) is 5.91 Å². The maximum Gasteiger partial charge on any atom is 0.305 e. The Morgan fingerprint density at radius 2 is 2.17 bits per heavy atom. The molecule has 3 N–H and O–H groups in total. The number of nitrogens with one attached hydrogen (secondary N) is 2. The Morgan fingerprint density at radius 3 is 2.94 bits per heavy atom. The van der Waals surface area contributed by atoms with E-state index >= 15 is 0 Å². The largest absolute Gasteiger partial charge is 0.494 e. The van der Waals surface area contributed by atoms with Crippen LogP contribution in [0.5, 0.6) is 5.75 Å². The number of pyridine rings is 1. The minimum Gasteiger partial charge on any atom is -0.494 e. The topological polar surface area (TPSA) is 118 Å². The van der Waals surface area contributed by atoms with Crippen molar-refractivity contribution in [1.29, 1.82) is 0 Å². The lowest BCUT2D eigenvalue weighted by Crippen LogP contribution is -2.30. The summed E-state index contributed by atoms with van der Waals surface area (Å²) in [6.07, 6.45) is 6.40.